The first kappa shape index (κ1) is 26.3. The number of nitrogens with zero attached hydrogens (tertiary/aromatic N) is 1. The van der Waals surface area contributed by atoms with Crippen molar-refractivity contribution >= 4 is 35.3 Å². The van der Waals surface area contributed by atoms with Gasteiger partial charge in [0.25, 0.3) is 11.8 Å². The summed E-state index contributed by atoms with van der Waals surface area (Å²) in [6.45, 7) is 5.62. The van der Waals surface area contributed by atoms with Gasteiger partial charge in [0.05, 0.1) is 13.3 Å². The molecule has 9 heteroatoms. The van der Waals surface area contributed by atoms with Gasteiger partial charge in [-0.3, -0.25) is 9.59 Å². The third-order valence-corrected chi connectivity index (χ3v) is 5.25. The molecule has 0 fully saturated rings. The molecule has 0 bridgehead atoms. The SMILES string of the molecule is C=CCOc1ccc(C(=O)N/N=C/c2cccc(OCC(=O)Nc3ccc(C)c(Cl)c3)c2)cc1OC. The second-order valence-electron chi connectivity index (χ2n) is 7.54. The van der Waals surface area contributed by atoms with Crippen LogP contribution in [-0.4, -0.2) is 38.4 Å². The molecule has 0 aliphatic carbocycles. The number of hydrazone groups is 1. The summed E-state index contributed by atoms with van der Waals surface area (Å²) in [5, 5.41) is 7.30. The Balaban J connectivity index is 1.54. The van der Waals surface area contributed by atoms with E-state index in [1.807, 2.05) is 13.0 Å². The maximum Gasteiger partial charge on any atom is 0.271 e. The maximum atomic E-state index is 12.4. The van der Waals surface area contributed by atoms with Crippen molar-refractivity contribution in [2.45, 2.75) is 6.92 Å². The van der Waals surface area contributed by atoms with Crippen LogP contribution < -0.4 is 25.0 Å². The van der Waals surface area contributed by atoms with Gasteiger partial charge in [-0.05, 0) is 60.5 Å². The van der Waals surface area contributed by atoms with Crippen LogP contribution in [0.1, 0.15) is 21.5 Å². The Bertz CT molecular complexity index is 1280. The van der Waals surface area contributed by atoms with Crippen molar-refractivity contribution in [3.63, 3.8) is 0 Å². The zero-order valence-electron chi connectivity index (χ0n) is 19.9. The Morgan fingerprint density at radius 3 is 2.64 bits per heavy atom. The molecule has 36 heavy (non-hydrogen) atoms. The first-order valence-corrected chi connectivity index (χ1v) is 11.3. The molecule has 186 valence electrons. The van der Waals surface area contributed by atoms with Crippen molar-refractivity contribution in [2.24, 2.45) is 5.10 Å². The van der Waals surface area contributed by atoms with Gasteiger partial charge in [-0.25, -0.2) is 5.43 Å². The highest BCUT2D eigenvalue weighted by Crippen LogP contribution is 2.28. The Morgan fingerprint density at radius 1 is 1.06 bits per heavy atom. The predicted octanol–water partition coefficient (Wildman–Crippen LogP) is 5.00. The summed E-state index contributed by atoms with van der Waals surface area (Å²) in [6, 6.07) is 17.0. The van der Waals surface area contributed by atoms with Gasteiger partial charge >= 0.3 is 0 Å². The van der Waals surface area contributed by atoms with Gasteiger partial charge in [0.2, 0.25) is 0 Å². The van der Waals surface area contributed by atoms with Crippen molar-refractivity contribution in [3.8, 4) is 17.2 Å². The zero-order chi connectivity index (χ0) is 25.9. The fourth-order valence-electron chi connectivity index (χ4n) is 3.01. The quantitative estimate of drug-likeness (QED) is 0.216. The van der Waals surface area contributed by atoms with E-state index in [-0.39, 0.29) is 12.5 Å². The molecule has 0 radical (unpaired) electrons. The molecule has 2 N–H and O–H groups in total. The summed E-state index contributed by atoms with van der Waals surface area (Å²) >= 11 is 6.09. The minimum Gasteiger partial charge on any atom is -0.493 e. The Kier molecular flexibility index (Phi) is 9.48. The fourth-order valence-corrected chi connectivity index (χ4v) is 3.19. The summed E-state index contributed by atoms with van der Waals surface area (Å²) in [7, 11) is 1.49. The molecular formula is C27H26ClN3O5. The molecule has 2 amide bonds. The molecule has 0 unspecified atom stereocenters. The molecule has 0 saturated heterocycles. The highest BCUT2D eigenvalue weighted by Gasteiger charge is 2.11. The first-order chi connectivity index (χ1) is 17.4. The lowest BCUT2D eigenvalue weighted by Crippen LogP contribution is -2.20. The van der Waals surface area contributed by atoms with Gasteiger partial charge in [-0.2, -0.15) is 5.10 Å². The zero-order valence-corrected chi connectivity index (χ0v) is 20.7. The maximum absolute atomic E-state index is 12.4. The van der Waals surface area contributed by atoms with Gasteiger partial charge in [0, 0.05) is 16.3 Å². The lowest BCUT2D eigenvalue weighted by molar-refractivity contribution is -0.118. The second-order valence-corrected chi connectivity index (χ2v) is 7.94. The normalized spacial score (nSPS) is 10.5. The minimum absolute atomic E-state index is 0.183. The van der Waals surface area contributed by atoms with Crippen LogP contribution >= 0.6 is 11.6 Å². The van der Waals surface area contributed by atoms with Crippen LogP contribution in [0.2, 0.25) is 5.02 Å². The van der Waals surface area contributed by atoms with Crippen LogP contribution in [0.15, 0.2) is 78.4 Å². The van der Waals surface area contributed by atoms with E-state index in [1.54, 1.807) is 60.7 Å². The highest BCUT2D eigenvalue weighted by atomic mass is 35.5. The summed E-state index contributed by atoms with van der Waals surface area (Å²) < 4.78 is 16.3. The van der Waals surface area contributed by atoms with Crippen LogP contribution in [-0.2, 0) is 4.79 Å². The van der Waals surface area contributed by atoms with Crippen molar-refractivity contribution < 1.29 is 23.8 Å². The molecular weight excluding hydrogens is 482 g/mol. The average molecular weight is 508 g/mol. The molecule has 0 spiro atoms. The first-order valence-electron chi connectivity index (χ1n) is 10.9. The van der Waals surface area contributed by atoms with E-state index in [4.69, 9.17) is 25.8 Å². The smallest absolute Gasteiger partial charge is 0.271 e. The summed E-state index contributed by atoms with van der Waals surface area (Å²) in [4.78, 5) is 24.6. The molecule has 3 aromatic rings. The number of aryl methyl sites for hydroxylation is 1. The number of anilines is 1. The molecule has 0 aromatic heterocycles. The number of halogens is 1. The standard InChI is InChI=1S/C27H26ClN3O5/c1-4-12-35-24-11-9-20(14-25(24)34-3)27(33)31-29-16-19-6-5-7-22(13-19)36-17-26(32)30-21-10-8-18(2)23(28)15-21/h4-11,13-16H,1,12,17H2,2-3H3,(H,30,32)(H,31,33)/b29-16+. The lowest BCUT2D eigenvalue weighted by atomic mass is 10.2. The van der Waals surface area contributed by atoms with Crippen LogP contribution in [0.3, 0.4) is 0 Å². The molecule has 0 aliphatic rings. The van der Waals surface area contributed by atoms with Crippen LogP contribution in [0.5, 0.6) is 17.2 Å². The van der Waals surface area contributed by atoms with E-state index < -0.39 is 5.91 Å². The molecule has 0 atom stereocenters. The van der Waals surface area contributed by atoms with Crippen molar-refractivity contribution in [1.29, 1.82) is 0 Å². The molecule has 0 saturated carbocycles. The van der Waals surface area contributed by atoms with E-state index in [9.17, 15) is 9.59 Å². The number of hydrogen-bond donors (Lipinski definition) is 2. The van der Waals surface area contributed by atoms with Crippen LogP contribution in [0.4, 0.5) is 5.69 Å². The number of methoxy groups -OCH3 is 1. The number of ether oxygens (including phenoxy) is 3. The van der Waals surface area contributed by atoms with Crippen molar-refractivity contribution in [1.82, 2.24) is 5.43 Å². The molecule has 3 aromatic carbocycles. The van der Waals surface area contributed by atoms with Gasteiger partial charge in [-0.15, -0.1) is 0 Å². The van der Waals surface area contributed by atoms with Gasteiger partial charge in [-0.1, -0.05) is 42.5 Å². The second kappa shape index (κ2) is 13.0. The molecule has 0 aliphatic heterocycles. The largest absolute Gasteiger partial charge is 0.493 e. The highest BCUT2D eigenvalue weighted by molar-refractivity contribution is 6.31. The number of carbonyl (C=O) groups is 2. The Hall–Kier alpha value is -4.30. The van der Waals surface area contributed by atoms with E-state index in [0.717, 1.165) is 5.56 Å². The fraction of sp³-hybridized carbons (Fsp3) is 0.148. The number of nitrogens with one attached hydrogen (secondary N) is 2. The summed E-state index contributed by atoms with van der Waals surface area (Å²) in [5.74, 6) is 0.665. The van der Waals surface area contributed by atoms with Gasteiger partial charge < -0.3 is 19.5 Å². The van der Waals surface area contributed by atoms with Crippen molar-refractivity contribution in [3.05, 3.63) is 95.0 Å². The summed E-state index contributed by atoms with van der Waals surface area (Å²) in [5.41, 5.74) is 5.01. The number of benzene rings is 3. The monoisotopic (exact) mass is 507 g/mol. The summed E-state index contributed by atoms with van der Waals surface area (Å²) in [6.07, 6.45) is 3.09. The molecule has 3 rings (SSSR count). The minimum atomic E-state index is -0.417. The van der Waals surface area contributed by atoms with E-state index in [0.29, 0.717) is 45.7 Å². The topological polar surface area (TPSA) is 98.3 Å². The number of amides is 2. The van der Waals surface area contributed by atoms with Crippen LogP contribution in [0.25, 0.3) is 0 Å². The number of hydrogen-bond acceptors (Lipinski definition) is 6. The lowest BCUT2D eigenvalue weighted by Gasteiger charge is -2.10. The Morgan fingerprint density at radius 2 is 1.89 bits per heavy atom. The molecule has 0 heterocycles. The number of rotatable bonds is 11. The predicted molar refractivity (Wildman–Crippen MR) is 141 cm³/mol. The van der Waals surface area contributed by atoms with Crippen molar-refractivity contribution in [2.75, 3.05) is 25.6 Å². The van der Waals surface area contributed by atoms with Crippen LogP contribution in [0, 0.1) is 6.92 Å². The average Bonchev–Trinajstić information content (AvgIpc) is 2.88. The molecule has 8 nitrogen and oxygen atoms in total. The van der Waals surface area contributed by atoms with E-state index in [1.165, 1.54) is 13.3 Å². The van der Waals surface area contributed by atoms with Gasteiger partial charge in [0.1, 0.15) is 12.4 Å². The third-order valence-electron chi connectivity index (χ3n) is 4.85. The van der Waals surface area contributed by atoms with Gasteiger partial charge in [0.15, 0.2) is 18.1 Å². The third kappa shape index (κ3) is 7.61. The Labute approximate surface area is 214 Å². The number of carbonyl (C=O) groups excluding carboxylic acids is 2. The van der Waals surface area contributed by atoms with E-state index in [2.05, 4.69) is 22.4 Å². The van der Waals surface area contributed by atoms with E-state index >= 15 is 0 Å².